The highest BCUT2D eigenvalue weighted by atomic mass is 79.9. The molecule has 1 aromatic heterocycles. The first-order chi connectivity index (χ1) is 9.17. The van der Waals surface area contributed by atoms with E-state index in [-0.39, 0.29) is 0 Å². The number of rotatable bonds is 6. The van der Waals surface area contributed by atoms with E-state index in [0.717, 1.165) is 23.9 Å². The van der Waals surface area contributed by atoms with Crippen LogP contribution in [0.1, 0.15) is 10.4 Å². The van der Waals surface area contributed by atoms with Crippen molar-refractivity contribution in [3.05, 3.63) is 55.1 Å². The highest BCUT2D eigenvalue weighted by Crippen LogP contribution is 2.25. The molecule has 0 aliphatic rings. The SMILES string of the molecule is CNCC(Cc1cccc(Br)c1)Cc1ccc(Br)s1. The van der Waals surface area contributed by atoms with Crippen LogP contribution in [0.2, 0.25) is 0 Å². The minimum atomic E-state index is 0.629. The number of benzene rings is 1. The van der Waals surface area contributed by atoms with Gasteiger partial charge in [0.1, 0.15) is 0 Å². The third-order valence-electron chi connectivity index (χ3n) is 3.02. The lowest BCUT2D eigenvalue weighted by Gasteiger charge is -2.16. The predicted molar refractivity (Wildman–Crippen MR) is 91.0 cm³/mol. The van der Waals surface area contributed by atoms with E-state index in [1.807, 2.05) is 18.4 Å². The molecule has 102 valence electrons. The Kier molecular flexibility index (Phi) is 6.07. The number of hydrogen-bond donors (Lipinski definition) is 1. The number of halogens is 2. The third-order valence-corrected chi connectivity index (χ3v) is 5.16. The van der Waals surface area contributed by atoms with Crippen molar-refractivity contribution in [1.29, 1.82) is 0 Å². The van der Waals surface area contributed by atoms with Crippen molar-refractivity contribution >= 4 is 43.2 Å². The quantitative estimate of drug-likeness (QED) is 0.724. The van der Waals surface area contributed by atoms with E-state index >= 15 is 0 Å². The van der Waals surface area contributed by atoms with Gasteiger partial charge in [0.2, 0.25) is 0 Å². The van der Waals surface area contributed by atoms with Crippen molar-refractivity contribution in [3.63, 3.8) is 0 Å². The summed E-state index contributed by atoms with van der Waals surface area (Å²) in [6.45, 7) is 1.04. The molecule has 1 nitrogen and oxygen atoms in total. The first-order valence-corrected chi connectivity index (χ1v) is 8.71. The van der Waals surface area contributed by atoms with Crippen LogP contribution in [0.25, 0.3) is 0 Å². The molecule has 19 heavy (non-hydrogen) atoms. The van der Waals surface area contributed by atoms with Gasteiger partial charge in [0.25, 0.3) is 0 Å². The molecule has 1 aromatic carbocycles. The zero-order chi connectivity index (χ0) is 13.7. The first kappa shape index (κ1) is 15.2. The van der Waals surface area contributed by atoms with E-state index in [4.69, 9.17) is 0 Å². The highest BCUT2D eigenvalue weighted by molar-refractivity contribution is 9.11. The van der Waals surface area contributed by atoms with Crippen LogP contribution in [0.15, 0.2) is 44.7 Å². The van der Waals surface area contributed by atoms with Crippen LogP contribution in [-0.2, 0) is 12.8 Å². The molecule has 0 radical (unpaired) electrons. The van der Waals surface area contributed by atoms with Gasteiger partial charge in [-0.1, -0.05) is 28.1 Å². The molecule has 1 atom stereocenters. The Morgan fingerprint density at radius 3 is 2.63 bits per heavy atom. The van der Waals surface area contributed by atoms with Gasteiger partial charge in [0.15, 0.2) is 0 Å². The predicted octanol–water partition coefficient (Wildman–Crippen LogP) is 4.89. The van der Waals surface area contributed by atoms with Crippen molar-refractivity contribution in [2.24, 2.45) is 5.92 Å². The maximum atomic E-state index is 3.54. The second kappa shape index (κ2) is 7.58. The van der Waals surface area contributed by atoms with Gasteiger partial charge in [0, 0.05) is 9.35 Å². The van der Waals surface area contributed by atoms with Gasteiger partial charge in [-0.25, -0.2) is 0 Å². The maximum absolute atomic E-state index is 3.54. The van der Waals surface area contributed by atoms with E-state index in [2.05, 4.69) is 73.6 Å². The average molecular weight is 403 g/mol. The van der Waals surface area contributed by atoms with Gasteiger partial charge in [0.05, 0.1) is 3.79 Å². The molecule has 0 aliphatic carbocycles. The molecule has 0 saturated heterocycles. The summed E-state index contributed by atoms with van der Waals surface area (Å²) in [5.41, 5.74) is 1.39. The van der Waals surface area contributed by atoms with Crippen LogP contribution in [0, 0.1) is 5.92 Å². The van der Waals surface area contributed by atoms with Crippen LogP contribution in [0.3, 0.4) is 0 Å². The van der Waals surface area contributed by atoms with Gasteiger partial charge in [-0.2, -0.15) is 0 Å². The Bertz CT molecular complexity index is 524. The Morgan fingerprint density at radius 2 is 2.00 bits per heavy atom. The summed E-state index contributed by atoms with van der Waals surface area (Å²) in [5, 5.41) is 3.31. The zero-order valence-electron chi connectivity index (χ0n) is 10.8. The van der Waals surface area contributed by atoms with Crippen LogP contribution >= 0.6 is 43.2 Å². The molecule has 0 spiro atoms. The molecule has 4 heteroatoms. The molecular formula is C15H17Br2NS. The molecule has 1 unspecified atom stereocenters. The average Bonchev–Trinajstić information content (AvgIpc) is 2.75. The van der Waals surface area contributed by atoms with Crippen molar-refractivity contribution in [2.45, 2.75) is 12.8 Å². The fourth-order valence-electron chi connectivity index (χ4n) is 2.25. The molecule has 2 rings (SSSR count). The van der Waals surface area contributed by atoms with E-state index in [1.165, 1.54) is 14.2 Å². The molecule has 0 fully saturated rings. The smallest absolute Gasteiger partial charge is 0.0701 e. The molecule has 0 amide bonds. The fraction of sp³-hybridized carbons (Fsp3) is 0.333. The second-order valence-electron chi connectivity index (χ2n) is 4.67. The molecule has 0 bridgehead atoms. The van der Waals surface area contributed by atoms with E-state index in [0.29, 0.717) is 5.92 Å². The standard InChI is InChI=1S/C15H17Br2NS/c1-18-10-12(9-14-5-6-15(17)19-14)7-11-3-2-4-13(16)8-11/h2-6,8,12,18H,7,9-10H2,1H3. The van der Waals surface area contributed by atoms with E-state index in [9.17, 15) is 0 Å². The Balaban J connectivity index is 2.03. The van der Waals surface area contributed by atoms with Gasteiger partial charge < -0.3 is 5.32 Å². The summed E-state index contributed by atoms with van der Waals surface area (Å²) < 4.78 is 2.38. The van der Waals surface area contributed by atoms with Crippen molar-refractivity contribution in [2.75, 3.05) is 13.6 Å². The van der Waals surface area contributed by atoms with E-state index in [1.54, 1.807) is 0 Å². The third kappa shape index (κ3) is 5.03. The van der Waals surface area contributed by atoms with Crippen molar-refractivity contribution in [3.8, 4) is 0 Å². The summed E-state index contributed by atoms with van der Waals surface area (Å²) in [6.07, 6.45) is 2.24. The Hall–Kier alpha value is -0.160. The first-order valence-electron chi connectivity index (χ1n) is 6.30. The van der Waals surface area contributed by atoms with Gasteiger partial charge >= 0.3 is 0 Å². The lowest BCUT2D eigenvalue weighted by molar-refractivity contribution is 0.496. The van der Waals surface area contributed by atoms with Gasteiger partial charge in [-0.3, -0.25) is 0 Å². The molecular weight excluding hydrogens is 386 g/mol. The summed E-state index contributed by atoms with van der Waals surface area (Å²) in [6, 6.07) is 13.0. The van der Waals surface area contributed by atoms with Crippen molar-refractivity contribution < 1.29 is 0 Å². The minimum Gasteiger partial charge on any atom is -0.319 e. The Labute approximate surface area is 135 Å². The largest absolute Gasteiger partial charge is 0.319 e. The summed E-state index contributed by atoms with van der Waals surface area (Å²) in [5.74, 6) is 0.629. The van der Waals surface area contributed by atoms with Crippen LogP contribution in [0.4, 0.5) is 0 Å². The van der Waals surface area contributed by atoms with Crippen LogP contribution in [-0.4, -0.2) is 13.6 Å². The van der Waals surface area contributed by atoms with Crippen LogP contribution in [0.5, 0.6) is 0 Å². The lowest BCUT2D eigenvalue weighted by Crippen LogP contribution is -2.22. The minimum absolute atomic E-state index is 0.629. The molecule has 1 heterocycles. The molecule has 1 N–H and O–H groups in total. The maximum Gasteiger partial charge on any atom is 0.0701 e. The molecule has 2 aromatic rings. The van der Waals surface area contributed by atoms with E-state index < -0.39 is 0 Å². The number of hydrogen-bond acceptors (Lipinski definition) is 2. The number of nitrogens with one attached hydrogen (secondary N) is 1. The van der Waals surface area contributed by atoms with Crippen LogP contribution < -0.4 is 5.32 Å². The lowest BCUT2D eigenvalue weighted by atomic mass is 9.95. The van der Waals surface area contributed by atoms with Gasteiger partial charge in [-0.05, 0) is 78.1 Å². The van der Waals surface area contributed by atoms with Crippen molar-refractivity contribution in [1.82, 2.24) is 5.32 Å². The zero-order valence-corrected chi connectivity index (χ0v) is 14.8. The summed E-state index contributed by atoms with van der Waals surface area (Å²) in [4.78, 5) is 1.45. The number of thiophene rings is 1. The Morgan fingerprint density at radius 1 is 1.16 bits per heavy atom. The monoisotopic (exact) mass is 401 g/mol. The summed E-state index contributed by atoms with van der Waals surface area (Å²) >= 11 is 8.91. The molecule has 0 aliphatic heterocycles. The second-order valence-corrected chi connectivity index (χ2v) is 8.13. The summed E-state index contributed by atoms with van der Waals surface area (Å²) in [7, 11) is 2.03. The molecule has 0 saturated carbocycles. The highest BCUT2D eigenvalue weighted by Gasteiger charge is 2.11. The van der Waals surface area contributed by atoms with Gasteiger partial charge in [-0.15, -0.1) is 11.3 Å². The normalized spacial score (nSPS) is 12.6. The topological polar surface area (TPSA) is 12.0 Å². The fourth-order valence-corrected chi connectivity index (χ4v) is 4.29.